The highest BCUT2D eigenvalue weighted by Gasteiger charge is 2.29. The van der Waals surface area contributed by atoms with E-state index in [0.29, 0.717) is 16.9 Å². The Kier molecular flexibility index (Phi) is 16.8. The van der Waals surface area contributed by atoms with Crippen LogP contribution in [-0.2, 0) is 45.2 Å². The molecule has 0 fully saturated rings. The number of phenols is 2. The van der Waals surface area contributed by atoms with Gasteiger partial charge in [-0.25, -0.2) is 4.99 Å². The highest BCUT2D eigenvalue weighted by molar-refractivity contribution is 5.94. The van der Waals surface area contributed by atoms with Crippen LogP contribution in [0.1, 0.15) is 35.1 Å². The molecule has 0 aliphatic heterocycles. The SMILES string of the molecule is NC(=NCc1c(O)cccc1[N+](=O)[O-])NCCC[C@H](NC(=O)[C@@H](N)Cc1ccc(OCc2c(O)cccc2[N+](=O)[O-])cc1)C(=O)N[C@@H](Cc1ccccc1)C(=O)NCC(=O)O. The fraction of sp³-hybridized carbons (Fsp3) is 0.275. The predicted molar refractivity (Wildman–Crippen MR) is 219 cm³/mol. The summed E-state index contributed by atoms with van der Waals surface area (Å²) < 4.78 is 5.64. The van der Waals surface area contributed by atoms with Crippen molar-refractivity contribution >= 4 is 41.0 Å². The Hall–Kier alpha value is -7.81. The van der Waals surface area contributed by atoms with Crippen LogP contribution in [0.5, 0.6) is 17.2 Å². The number of ether oxygens (including phenoxy) is 1. The average molecular weight is 844 g/mol. The van der Waals surface area contributed by atoms with E-state index in [1.807, 2.05) is 0 Å². The molecule has 4 rings (SSSR count). The fourth-order valence-electron chi connectivity index (χ4n) is 5.91. The summed E-state index contributed by atoms with van der Waals surface area (Å²) in [4.78, 5) is 77.1. The average Bonchev–Trinajstić information content (AvgIpc) is 3.23. The van der Waals surface area contributed by atoms with Crippen LogP contribution in [0, 0.1) is 20.2 Å². The van der Waals surface area contributed by atoms with Crippen molar-refractivity contribution < 1.29 is 49.1 Å². The van der Waals surface area contributed by atoms with Crippen LogP contribution in [0.4, 0.5) is 11.4 Å². The minimum Gasteiger partial charge on any atom is -0.507 e. The zero-order valence-electron chi connectivity index (χ0n) is 32.6. The van der Waals surface area contributed by atoms with Gasteiger partial charge in [-0.2, -0.15) is 0 Å². The largest absolute Gasteiger partial charge is 0.507 e. The van der Waals surface area contributed by atoms with Gasteiger partial charge in [-0.15, -0.1) is 0 Å². The van der Waals surface area contributed by atoms with Gasteiger partial charge in [0, 0.05) is 25.1 Å². The van der Waals surface area contributed by atoms with Gasteiger partial charge in [0.25, 0.3) is 11.4 Å². The van der Waals surface area contributed by atoms with Gasteiger partial charge in [-0.1, -0.05) is 54.6 Å². The molecule has 0 aromatic heterocycles. The van der Waals surface area contributed by atoms with Gasteiger partial charge in [0.15, 0.2) is 5.96 Å². The topological polar surface area (TPSA) is 337 Å². The van der Waals surface area contributed by atoms with Gasteiger partial charge >= 0.3 is 5.97 Å². The summed E-state index contributed by atoms with van der Waals surface area (Å²) in [7, 11) is 0. The highest BCUT2D eigenvalue weighted by Crippen LogP contribution is 2.29. The molecule has 0 unspecified atom stereocenters. The number of nitro groups is 2. The molecule has 0 heterocycles. The third kappa shape index (κ3) is 14.2. The summed E-state index contributed by atoms with van der Waals surface area (Å²) in [6.45, 7) is -1.21. The second kappa shape index (κ2) is 22.4. The summed E-state index contributed by atoms with van der Waals surface area (Å²) in [5.41, 5.74) is 12.8. The summed E-state index contributed by atoms with van der Waals surface area (Å²) in [5.74, 6) is -4.01. The van der Waals surface area contributed by atoms with E-state index in [1.165, 1.54) is 36.4 Å². The van der Waals surface area contributed by atoms with Crippen molar-refractivity contribution in [2.24, 2.45) is 16.5 Å². The van der Waals surface area contributed by atoms with Crippen molar-refractivity contribution in [2.45, 2.75) is 57.0 Å². The van der Waals surface area contributed by atoms with Crippen molar-refractivity contribution in [1.29, 1.82) is 0 Å². The van der Waals surface area contributed by atoms with Crippen molar-refractivity contribution in [3.63, 3.8) is 0 Å². The normalized spacial score (nSPS) is 12.6. The maximum absolute atomic E-state index is 13.8. The summed E-state index contributed by atoms with van der Waals surface area (Å²) in [5, 5.41) is 62.4. The van der Waals surface area contributed by atoms with E-state index < -0.39 is 58.2 Å². The molecule has 0 saturated carbocycles. The Morgan fingerprint density at radius 3 is 1.93 bits per heavy atom. The van der Waals surface area contributed by atoms with Gasteiger partial charge in [0.1, 0.15) is 48.0 Å². The van der Waals surface area contributed by atoms with Crippen LogP contribution in [0.2, 0.25) is 0 Å². The lowest BCUT2D eigenvalue weighted by Gasteiger charge is -2.24. The number of phenolic OH excluding ortho intramolecular Hbond substituents is 2. The van der Waals surface area contributed by atoms with E-state index in [0.717, 1.165) is 0 Å². The number of hydrogen-bond donors (Lipinski definition) is 9. The van der Waals surface area contributed by atoms with Crippen molar-refractivity contribution in [1.82, 2.24) is 21.3 Å². The van der Waals surface area contributed by atoms with E-state index in [4.69, 9.17) is 21.3 Å². The van der Waals surface area contributed by atoms with Gasteiger partial charge in [0.05, 0.1) is 28.0 Å². The van der Waals surface area contributed by atoms with E-state index in [2.05, 4.69) is 26.3 Å². The molecule has 0 spiro atoms. The molecule has 0 saturated heterocycles. The molecule has 4 aromatic rings. The standard InChI is InChI=1S/C40H45N9O12/c41-29(19-25-14-16-26(17-15-25)61-23-28-33(49(59)60)11-5-13-35(28)51)37(54)46-30(9-6-18-43-40(42)45-21-27-32(48(57)58)10-4-12-34(27)50)39(56)47-31(38(55)44-22-36(52)53)20-24-7-2-1-3-8-24/h1-5,7-8,10-17,29-31,50-51H,6,9,18-23,41H2,(H,44,55)(H,46,54)(H,47,56)(H,52,53)(H3,42,43,45)/t29-,30-,31-/m0/s1. The molecule has 0 aliphatic carbocycles. The van der Waals surface area contributed by atoms with E-state index in [9.17, 15) is 49.6 Å². The summed E-state index contributed by atoms with van der Waals surface area (Å²) in [6, 6.07) is 19.0. The number of carboxylic acid groups (broad SMARTS) is 1. The number of nitrogens with one attached hydrogen (secondary N) is 4. The highest BCUT2D eigenvalue weighted by atomic mass is 16.6. The van der Waals surface area contributed by atoms with Crippen molar-refractivity contribution in [2.75, 3.05) is 13.1 Å². The number of aliphatic carboxylic acids is 1. The number of carboxylic acids is 1. The molecule has 21 heteroatoms. The first-order valence-electron chi connectivity index (χ1n) is 18.7. The van der Waals surface area contributed by atoms with Crippen molar-refractivity contribution in [3.8, 4) is 17.2 Å². The second-order valence-corrected chi connectivity index (χ2v) is 13.5. The van der Waals surface area contributed by atoms with E-state index in [1.54, 1.807) is 54.6 Å². The van der Waals surface area contributed by atoms with Crippen LogP contribution in [0.15, 0.2) is 96.0 Å². The Labute approximate surface area is 348 Å². The Morgan fingerprint density at radius 1 is 0.721 bits per heavy atom. The van der Waals surface area contributed by atoms with Crippen molar-refractivity contribution in [3.05, 3.63) is 133 Å². The molecule has 0 radical (unpaired) electrons. The lowest BCUT2D eigenvalue weighted by molar-refractivity contribution is -0.386. The third-order valence-electron chi connectivity index (χ3n) is 9.09. The Balaban J connectivity index is 1.44. The zero-order chi connectivity index (χ0) is 44.5. The molecule has 61 heavy (non-hydrogen) atoms. The molecule has 322 valence electrons. The second-order valence-electron chi connectivity index (χ2n) is 13.5. The number of nitrogens with two attached hydrogens (primary N) is 2. The molecule has 0 aliphatic rings. The quantitative estimate of drug-likeness (QED) is 0.0179. The minimum atomic E-state index is -1.30. The lowest BCUT2D eigenvalue weighted by Crippen LogP contribution is -2.56. The molecular weight excluding hydrogens is 798 g/mol. The van der Waals surface area contributed by atoms with Crippen LogP contribution in [0.3, 0.4) is 0 Å². The third-order valence-corrected chi connectivity index (χ3v) is 9.09. The number of amides is 3. The zero-order valence-corrected chi connectivity index (χ0v) is 32.6. The first kappa shape index (κ1) is 45.9. The maximum Gasteiger partial charge on any atom is 0.322 e. The van der Waals surface area contributed by atoms with Gasteiger partial charge in [-0.05, 0) is 54.7 Å². The van der Waals surface area contributed by atoms with E-state index >= 15 is 0 Å². The maximum atomic E-state index is 13.8. The Bertz CT molecular complexity index is 2220. The number of nitro benzene ring substituents is 2. The number of carbonyl (C=O) groups is 4. The van der Waals surface area contributed by atoms with Crippen LogP contribution in [0.25, 0.3) is 0 Å². The number of hydrogen-bond acceptors (Lipinski definition) is 13. The predicted octanol–water partition coefficient (Wildman–Crippen LogP) is 1.66. The fourth-order valence-corrected chi connectivity index (χ4v) is 5.91. The number of nitrogens with zero attached hydrogens (tertiary/aromatic N) is 3. The van der Waals surface area contributed by atoms with Gasteiger partial charge in [-0.3, -0.25) is 39.4 Å². The van der Waals surface area contributed by atoms with Crippen LogP contribution in [-0.4, -0.2) is 86.0 Å². The summed E-state index contributed by atoms with van der Waals surface area (Å²) >= 11 is 0. The number of rotatable bonds is 22. The molecule has 3 amide bonds. The number of benzene rings is 4. The molecule has 11 N–H and O–H groups in total. The van der Waals surface area contributed by atoms with Gasteiger partial charge < -0.3 is 52.8 Å². The van der Waals surface area contributed by atoms with Crippen LogP contribution < -0.4 is 37.5 Å². The molecule has 3 atom stereocenters. The first-order chi connectivity index (χ1) is 29.1. The first-order valence-corrected chi connectivity index (χ1v) is 18.7. The smallest absolute Gasteiger partial charge is 0.322 e. The Morgan fingerprint density at radius 2 is 1.31 bits per heavy atom. The molecule has 0 bridgehead atoms. The monoisotopic (exact) mass is 843 g/mol. The molecular formula is C40H45N9O12. The molecule has 21 nitrogen and oxygen atoms in total. The van der Waals surface area contributed by atoms with E-state index in [-0.39, 0.29) is 85.3 Å². The molecule has 4 aromatic carbocycles. The number of guanidine groups is 1. The van der Waals surface area contributed by atoms with Gasteiger partial charge in [0.2, 0.25) is 17.7 Å². The van der Waals surface area contributed by atoms with Crippen LogP contribution >= 0.6 is 0 Å². The number of carbonyl (C=O) groups excluding carboxylic acids is 3. The number of aliphatic imine (C=N–C) groups is 1. The summed E-state index contributed by atoms with van der Waals surface area (Å²) in [6.07, 6.45) is 0.153. The lowest BCUT2D eigenvalue weighted by atomic mass is 10.0. The number of aromatic hydroxyl groups is 2. The minimum absolute atomic E-state index is 0.00328.